The lowest BCUT2D eigenvalue weighted by Crippen LogP contribution is -2.31. The first-order valence-electron chi connectivity index (χ1n) is 9.71. The Bertz CT molecular complexity index is 1090. The lowest BCUT2D eigenvalue weighted by molar-refractivity contribution is -0.124. The van der Waals surface area contributed by atoms with Gasteiger partial charge in [0, 0.05) is 5.56 Å². The van der Waals surface area contributed by atoms with E-state index in [1.807, 2.05) is 19.1 Å². The van der Waals surface area contributed by atoms with Crippen molar-refractivity contribution in [1.29, 1.82) is 0 Å². The number of ether oxygens (including phenoxy) is 3. The van der Waals surface area contributed by atoms with Crippen LogP contribution in [-0.2, 0) is 9.53 Å². The summed E-state index contributed by atoms with van der Waals surface area (Å²) >= 11 is 0. The van der Waals surface area contributed by atoms with Gasteiger partial charge in [0.1, 0.15) is 24.8 Å². The van der Waals surface area contributed by atoms with Crippen molar-refractivity contribution in [3.8, 4) is 22.8 Å². The number of fused-ring (bicyclic) bond motifs is 1. The largest absolute Gasteiger partial charge is 0.486 e. The topological polar surface area (TPSA) is 87.0 Å². The van der Waals surface area contributed by atoms with Crippen LogP contribution in [0.15, 0.2) is 59.0 Å². The summed E-state index contributed by atoms with van der Waals surface area (Å²) in [6.45, 7) is 2.33. The maximum atomic E-state index is 13.0. The molecule has 0 bridgehead atoms. The van der Waals surface area contributed by atoms with Crippen molar-refractivity contribution in [2.24, 2.45) is 0 Å². The summed E-state index contributed by atoms with van der Waals surface area (Å²) in [7, 11) is 0. The molecule has 0 aliphatic carbocycles. The molecule has 1 atom stereocenters. The Kier molecular flexibility index (Phi) is 5.88. The lowest BCUT2D eigenvalue weighted by atomic mass is 10.1. The monoisotopic (exact) mass is 425 g/mol. The second-order valence-electron chi connectivity index (χ2n) is 6.94. The first-order valence-corrected chi connectivity index (χ1v) is 9.71. The van der Waals surface area contributed by atoms with Crippen molar-refractivity contribution in [3.05, 3.63) is 71.7 Å². The van der Waals surface area contributed by atoms with E-state index in [0.29, 0.717) is 36.0 Å². The van der Waals surface area contributed by atoms with Crippen LogP contribution in [0, 0.1) is 5.82 Å². The molecule has 3 aromatic rings. The summed E-state index contributed by atoms with van der Waals surface area (Å²) in [6.07, 6.45) is 0. The van der Waals surface area contributed by atoms with Crippen LogP contribution in [0.2, 0.25) is 0 Å². The number of nitrogens with one attached hydrogen (secondary N) is 1. The van der Waals surface area contributed by atoms with Crippen LogP contribution in [0.5, 0.6) is 11.5 Å². The summed E-state index contributed by atoms with van der Waals surface area (Å²) in [6, 6.07) is 13.8. The van der Waals surface area contributed by atoms with Gasteiger partial charge in [-0.25, -0.2) is 9.18 Å². The third-order valence-electron chi connectivity index (χ3n) is 4.71. The molecule has 1 aromatic heterocycles. The second kappa shape index (κ2) is 8.91. The number of carbonyl (C=O) groups excluding carboxylic acids is 2. The van der Waals surface area contributed by atoms with Gasteiger partial charge >= 0.3 is 5.97 Å². The number of hydrogen-bond donors (Lipinski definition) is 1. The van der Waals surface area contributed by atoms with Gasteiger partial charge in [0.15, 0.2) is 18.1 Å². The van der Waals surface area contributed by atoms with Crippen molar-refractivity contribution in [1.82, 2.24) is 5.32 Å². The summed E-state index contributed by atoms with van der Waals surface area (Å²) in [4.78, 5) is 24.4. The highest BCUT2D eigenvalue weighted by Crippen LogP contribution is 2.32. The molecule has 1 aliphatic rings. The minimum atomic E-state index is -0.768. The Morgan fingerprint density at radius 3 is 2.55 bits per heavy atom. The number of carbonyl (C=O) groups is 2. The zero-order valence-corrected chi connectivity index (χ0v) is 16.7. The van der Waals surface area contributed by atoms with Crippen LogP contribution in [-0.4, -0.2) is 31.7 Å². The van der Waals surface area contributed by atoms with Gasteiger partial charge in [-0.1, -0.05) is 6.07 Å². The van der Waals surface area contributed by atoms with Gasteiger partial charge in [-0.05, 0) is 61.0 Å². The van der Waals surface area contributed by atoms with Gasteiger partial charge in [0.25, 0.3) is 5.91 Å². The summed E-state index contributed by atoms with van der Waals surface area (Å²) in [5, 5.41) is 2.77. The van der Waals surface area contributed by atoms with E-state index >= 15 is 0 Å². The third kappa shape index (κ3) is 4.85. The molecule has 160 valence electrons. The van der Waals surface area contributed by atoms with Crippen LogP contribution in [0.25, 0.3) is 11.3 Å². The molecule has 8 heteroatoms. The van der Waals surface area contributed by atoms with Gasteiger partial charge in [-0.15, -0.1) is 0 Å². The number of esters is 1. The molecule has 2 aromatic carbocycles. The van der Waals surface area contributed by atoms with Crippen LogP contribution in [0.4, 0.5) is 4.39 Å². The Labute approximate surface area is 177 Å². The molecule has 1 aliphatic heterocycles. The van der Waals surface area contributed by atoms with E-state index < -0.39 is 18.5 Å². The molecular weight excluding hydrogens is 405 g/mol. The summed E-state index contributed by atoms with van der Waals surface area (Å²) in [5.41, 5.74) is 1.45. The Balaban J connectivity index is 1.30. The summed E-state index contributed by atoms with van der Waals surface area (Å²) in [5.74, 6) is 0.0468. The smallest absolute Gasteiger partial charge is 0.374 e. The fourth-order valence-electron chi connectivity index (χ4n) is 3.11. The fraction of sp³-hybridized carbons (Fsp3) is 0.217. The zero-order valence-electron chi connectivity index (χ0n) is 16.7. The minimum Gasteiger partial charge on any atom is -0.486 e. The van der Waals surface area contributed by atoms with Crippen LogP contribution in [0.1, 0.15) is 29.1 Å². The van der Waals surface area contributed by atoms with Gasteiger partial charge in [-0.3, -0.25) is 4.79 Å². The Morgan fingerprint density at radius 2 is 1.77 bits per heavy atom. The van der Waals surface area contributed by atoms with Crippen molar-refractivity contribution < 1.29 is 32.6 Å². The SMILES string of the molecule is CC(NC(=O)COC(=O)c1ccc(-c2ccc(F)cc2)o1)c1ccc2c(c1)OCCO2. The van der Waals surface area contributed by atoms with Crippen molar-refractivity contribution in [2.75, 3.05) is 19.8 Å². The van der Waals surface area contributed by atoms with Crippen LogP contribution in [0.3, 0.4) is 0 Å². The zero-order chi connectivity index (χ0) is 21.8. The molecule has 1 amide bonds. The molecule has 0 saturated heterocycles. The fourth-order valence-corrected chi connectivity index (χ4v) is 3.11. The minimum absolute atomic E-state index is 0.0491. The van der Waals surface area contributed by atoms with Gasteiger partial charge in [-0.2, -0.15) is 0 Å². The van der Waals surface area contributed by atoms with E-state index in [2.05, 4.69) is 5.32 Å². The molecule has 0 saturated carbocycles. The number of amides is 1. The molecule has 2 heterocycles. The quantitative estimate of drug-likeness (QED) is 0.603. The van der Waals surface area contributed by atoms with Gasteiger partial charge in [0.2, 0.25) is 5.76 Å². The van der Waals surface area contributed by atoms with Crippen LogP contribution < -0.4 is 14.8 Å². The van der Waals surface area contributed by atoms with Crippen LogP contribution >= 0.6 is 0 Å². The predicted octanol–water partition coefficient (Wildman–Crippen LogP) is 3.89. The molecule has 1 N–H and O–H groups in total. The number of rotatable bonds is 6. The number of furan rings is 1. The Morgan fingerprint density at radius 1 is 1.03 bits per heavy atom. The molecule has 4 rings (SSSR count). The van der Waals surface area contributed by atoms with Crippen molar-refractivity contribution >= 4 is 11.9 Å². The highest BCUT2D eigenvalue weighted by atomic mass is 19.1. The van der Waals surface area contributed by atoms with E-state index in [0.717, 1.165) is 5.56 Å². The van der Waals surface area contributed by atoms with E-state index in [-0.39, 0.29) is 17.6 Å². The number of halogens is 1. The van der Waals surface area contributed by atoms with Gasteiger partial charge < -0.3 is 23.9 Å². The van der Waals surface area contributed by atoms with Crippen molar-refractivity contribution in [2.45, 2.75) is 13.0 Å². The lowest BCUT2D eigenvalue weighted by Gasteiger charge is -2.21. The molecule has 31 heavy (non-hydrogen) atoms. The normalized spacial score (nSPS) is 13.4. The maximum absolute atomic E-state index is 13.0. The predicted molar refractivity (Wildman–Crippen MR) is 108 cm³/mol. The van der Waals surface area contributed by atoms with E-state index in [1.54, 1.807) is 12.1 Å². The molecular formula is C23H20FNO6. The average Bonchev–Trinajstić information content (AvgIpc) is 3.28. The van der Waals surface area contributed by atoms with Gasteiger partial charge in [0.05, 0.1) is 6.04 Å². The van der Waals surface area contributed by atoms with Crippen molar-refractivity contribution in [3.63, 3.8) is 0 Å². The highest BCUT2D eigenvalue weighted by Gasteiger charge is 2.18. The van der Waals surface area contributed by atoms with E-state index in [1.165, 1.54) is 30.3 Å². The highest BCUT2D eigenvalue weighted by molar-refractivity contribution is 5.89. The molecule has 0 radical (unpaired) electrons. The number of benzene rings is 2. The third-order valence-corrected chi connectivity index (χ3v) is 4.71. The summed E-state index contributed by atoms with van der Waals surface area (Å²) < 4.78 is 34.6. The first kappa shape index (κ1) is 20.5. The standard InChI is InChI=1S/C23H20FNO6/c1-14(16-4-7-19-21(12-16)29-11-10-28-19)25-22(26)13-30-23(27)20-9-8-18(31-20)15-2-5-17(24)6-3-15/h2-9,12,14H,10-11,13H2,1H3,(H,25,26). The second-order valence-corrected chi connectivity index (χ2v) is 6.94. The average molecular weight is 425 g/mol. The number of hydrogen-bond acceptors (Lipinski definition) is 6. The van der Waals surface area contributed by atoms with E-state index in [9.17, 15) is 14.0 Å². The van der Waals surface area contributed by atoms with E-state index in [4.69, 9.17) is 18.6 Å². The Hall–Kier alpha value is -3.81. The molecule has 7 nitrogen and oxygen atoms in total. The molecule has 0 fully saturated rings. The maximum Gasteiger partial charge on any atom is 0.374 e. The molecule has 1 unspecified atom stereocenters. The first-order chi connectivity index (χ1) is 15.0. The molecule has 0 spiro atoms.